The van der Waals surface area contributed by atoms with Crippen molar-refractivity contribution in [3.05, 3.63) is 50.7 Å². The lowest BCUT2D eigenvalue weighted by molar-refractivity contribution is 0.167. The monoisotopic (exact) mass is 417 g/mol. The first kappa shape index (κ1) is 18.3. The Kier molecular flexibility index (Phi) is 4.66. The number of benzene rings is 2. The normalized spacial score (nSPS) is 11.1. The molecule has 8 nitrogen and oxygen atoms in total. The van der Waals surface area contributed by atoms with Gasteiger partial charge in [0.15, 0.2) is 0 Å². The highest BCUT2D eigenvalue weighted by Gasteiger charge is 2.16. The summed E-state index contributed by atoms with van der Waals surface area (Å²) in [4.78, 5) is 31.0. The summed E-state index contributed by atoms with van der Waals surface area (Å²) in [7, 11) is 0. The number of aromatic amines is 2. The van der Waals surface area contributed by atoms with Crippen LogP contribution in [0.1, 0.15) is 6.92 Å². The second-order valence-electron chi connectivity index (χ2n) is 5.84. The molecule has 0 atom stereocenters. The Labute approximate surface area is 167 Å². The van der Waals surface area contributed by atoms with Crippen LogP contribution in [-0.4, -0.2) is 32.9 Å². The van der Waals surface area contributed by atoms with Gasteiger partial charge in [0.25, 0.3) is 5.56 Å². The van der Waals surface area contributed by atoms with Crippen LogP contribution < -0.4 is 10.9 Å². The Morgan fingerprint density at radius 2 is 1.93 bits per heavy atom. The summed E-state index contributed by atoms with van der Waals surface area (Å²) < 4.78 is 4.84. The van der Waals surface area contributed by atoms with Crippen molar-refractivity contribution in [1.29, 1.82) is 0 Å². The number of carbonyl (C=O) groups excluding carboxylic acids is 1. The van der Waals surface area contributed by atoms with Crippen molar-refractivity contribution in [2.45, 2.75) is 6.92 Å². The molecular formula is C18H13Cl2N5O3. The van der Waals surface area contributed by atoms with Gasteiger partial charge in [0.1, 0.15) is 5.69 Å². The molecule has 0 spiro atoms. The first-order valence-electron chi connectivity index (χ1n) is 8.28. The largest absolute Gasteiger partial charge is 0.450 e. The fourth-order valence-electron chi connectivity index (χ4n) is 2.91. The molecule has 2 aromatic carbocycles. The summed E-state index contributed by atoms with van der Waals surface area (Å²) in [5, 5.41) is 10.5. The molecule has 142 valence electrons. The average Bonchev–Trinajstić information content (AvgIpc) is 3.06. The van der Waals surface area contributed by atoms with Crippen molar-refractivity contribution >= 4 is 57.0 Å². The van der Waals surface area contributed by atoms with Gasteiger partial charge in [0, 0.05) is 10.9 Å². The van der Waals surface area contributed by atoms with E-state index in [1.165, 1.54) is 0 Å². The lowest BCUT2D eigenvalue weighted by Crippen LogP contribution is -2.14. The molecule has 0 fully saturated rings. The SMILES string of the molecule is CCOC(=O)Nc1nc2ccc(-c3n[nH]c(=O)c4c(Cl)ccc(Cl)c34)cc2[nH]1. The van der Waals surface area contributed by atoms with Crippen LogP contribution in [-0.2, 0) is 4.74 Å². The number of hydrogen-bond acceptors (Lipinski definition) is 5. The number of ether oxygens (including phenoxy) is 1. The molecule has 28 heavy (non-hydrogen) atoms. The summed E-state index contributed by atoms with van der Waals surface area (Å²) in [6, 6.07) is 8.52. The Hall–Kier alpha value is -3.10. The summed E-state index contributed by atoms with van der Waals surface area (Å²) in [5.74, 6) is 0.256. The molecular weight excluding hydrogens is 405 g/mol. The molecule has 2 aromatic heterocycles. The second-order valence-corrected chi connectivity index (χ2v) is 6.66. The van der Waals surface area contributed by atoms with E-state index in [9.17, 15) is 9.59 Å². The summed E-state index contributed by atoms with van der Waals surface area (Å²) in [5.41, 5.74) is 2.02. The van der Waals surface area contributed by atoms with Crippen LogP contribution in [0, 0.1) is 0 Å². The molecule has 0 saturated heterocycles. The molecule has 0 unspecified atom stereocenters. The van der Waals surface area contributed by atoms with E-state index in [4.69, 9.17) is 27.9 Å². The van der Waals surface area contributed by atoms with Crippen LogP contribution in [0.2, 0.25) is 10.0 Å². The summed E-state index contributed by atoms with van der Waals surface area (Å²) in [6.45, 7) is 1.97. The minimum Gasteiger partial charge on any atom is -0.450 e. The topological polar surface area (TPSA) is 113 Å². The molecule has 3 N–H and O–H groups in total. The number of nitrogens with zero attached hydrogens (tertiary/aromatic N) is 2. The first-order valence-corrected chi connectivity index (χ1v) is 9.04. The molecule has 4 aromatic rings. The average molecular weight is 418 g/mol. The predicted octanol–water partition coefficient (Wildman–Crippen LogP) is 4.34. The quantitative estimate of drug-likeness (QED) is 0.458. The molecule has 4 rings (SSSR count). The van der Waals surface area contributed by atoms with Gasteiger partial charge >= 0.3 is 6.09 Å². The second kappa shape index (κ2) is 7.14. The minimum atomic E-state index is -0.600. The fourth-order valence-corrected chi connectivity index (χ4v) is 3.40. The molecule has 0 radical (unpaired) electrons. The Morgan fingerprint density at radius 1 is 1.18 bits per heavy atom. The van der Waals surface area contributed by atoms with E-state index in [0.29, 0.717) is 32.7 Å². The number of imidazole rings is 1. The molecule has 0 aliphatic carbocycles. The zero-order chi connectivity index (χ0) is 19.8. The van der Waals surface area contributed by atoms with Gasteiger partial charge < -0.3 is 9.72 Å². The number of anilines is 1. The molecule has 0 aliphatic heterocycles. The number of aromatic nitrogens is 4. The van der Waals surface area contributed by atoms with Crippen molar-refractivity contribution in [3.63, 3.8) is 0 Å². The van der Waals surface area contributed by atoms with E-state index in [-0.39, 0.29) is 23.0 Å². The van der Waals surface area contributed by atoms with Gasteiger partial charge in [-0.3, -0.25) is 10.1 Å². The standard InChI is InChI=1S/C18H13Cl2N5O3/c1-2-28-18(27)23-17-21-11-6-3-8(7-12(11)22-17)15-13-9(19)4-5-10(20)14(13)16(26)25-24-15/h3-7H,2H2,1H3,(H,25,26)(H2,21,22,23,27). The van der Waals surface area contributed by atoms with Crippen LogP contribution in [0.5, 0.6) is 0 Å². The van der Waals surface area contributed by atoms with Gasteiger partial charge in [0.05, 0.1) is 33.1 Å². The van der Waals surface area contributed by atoms with Gasteiger partial charge in [-0.2, -0.15) is 5.10 Å². The Bertz CT molecular complexity index is 1280. The van der Waals surface area contributed by atoms with Crippen LogP contribution in [0.4, 0.5) is 10.7 Å². The van der Waals surface area contributed by atoms with Gasteiger partial charge in [0.2, 0.25) is 5.95 Å². The van der Waals surface area contributed by atoms with Crippen LogP contribution in [0.15, 0.2) is 35.1 Å². The van der Waals surface area contributed by atoms with E-state index in [1.54, 1.807) is 37.3 Å². The smallest absolute Gasteiger partial charge is 0.413 e. The Morgan fingerprint density at radius 3 is 2.68 bits per heavy atom. The predicted molar refractivity (Wildman–Crippen MR) is 108 cm³/mol. The highest BCUT2D eigenvalue weighted by atomic mass is 35.5. The Balaban J connectivity index is 1.84. The van der Waals surface area contributed by atoms with Crippen LogP contribution >= 0.6 is 23.2 Å². The zero-order valence-electron chi connectivity index (χ0n) is 14.5. The van der Waals surface area contributed by atoms with Crippen molar-refractivity contribution in [2.75, 3.05) is 11.9 Å². The molecule has 0 aliphatic rings. The minimum absolute atomic E-state index is 0.254. The maximum atomic E-state index is 12.2. The molecule has 2 heterocycles. The van der Waals surface area contributed by atoms with E-state index in [2.05, 4.69) is 25.5 Å². The number of hydrogen-bond donors (Lipinski definition) is 3. The number of fused-ring (bicyclic) bond motifs is 2. The van der Waals surface area contributed by atoms with Gasteiger partial charge in [-0.25, -0.2) is 14.9 Å². The third kappa shape index (κ3) is 3.17. The molecule has 0 saturated carbocycles. The fraction of sp³-hybridized carbons (Fsp3) is 0.111. The third-order valence-corrected chi connectivity index (χ3v) is 4.72. The molecule has 0 bridgehead atoms. The van der Waals surface area contributed by atoms with Crippen molar-refractivity contribution in [1.82, 2.24) is 20.2 Å². The van der Waals surface area contributed by atoms with Crippen LogP contribution in [0.3, 0.4) is 0 Å². The van der Waals surface area contributed by atoms with Crippen molar-refractivity contribution in [2.24, 2.45) is 0 Å². The third-order valence-electron chi connectivity index (χ3n) is 4.09. The first-order chi connectivity index (χ1) is 13.5. The number of H-pyrrole nitrogens is 2. The van der Waals surface area contributed by atoms with E-state index < -0.39 is 11.7 Å². The van der Waals surface area contributed by atoms with Crippen molar-refractivity contribution in [3.8, 4) is 11.3 Å². The number of amides is 1. The molecule has 1 amide bonds. The number of carbonyl (C=O) groups is 1. The summed E-state index contributed by atoms with van der Waals surface area (Å²) in [6.07, 6.45) is -0.600. The van der Waals surface area contributed by atoms with E-state index in [0.717, 1.165) is 0 Å². The number of nitrogens with one attached hydrogen (secondary N) is 3. The summed E-state index contributed by atoms with van der Waals surface area (Å²) >= 11 is 12.5. The van der Waals surface area contributed by atoms with E-state index in [1.807, 2.05) is 0 Å². The highest BCUT2D eigenvalue weighted by Crippen LogP contribution is 2.34. The van der Waals surface area contributed by atoms with Gasteiger partial charge in [-0.1, -0.05) is 29.3 Å². The highest BCUT2D eigenvalue weighted by molar-refractivity contribution is 6.41. The van der Waals surface area contributed by atoms with Crippen LogP contribution in [0.25, 0.3) is 33.1 Å². The van der Waals surface area contributed by atoms with Gasteiger partial charge in [-0.05, 0) is 31.2 Å². The van der Waals surface area contributed by atoms with E-state index >= 15 is 0 Å². The maximum Gasteiger partial charge on any atom is 0.413 e. The van der Waals surface area contributed by atoms with Crippen molar-refractivity contribution < 1.29 is 9.53 Å². The lowest BCUT2D eigenvalue weighted by Gasteiger charge is -2.08. The van der Waals surface area contributed by atoms with Gasteiger partial charge in [-0.15, -0.1) is 0 Å². The number of halogens is 2. The zero-order valence-corrected chi connectivity index (χ0v) is 16.0. The number of rotatable bonds is 3. The lowest BCUT2D eigenvalue weighted by atomic mass is 10.0. The molecule has 10 heteroatoms. The maximum absolute atomic E-state index is 12.2.